The maximum atomic E-state index is 13.0. The summed E-state index contributed by atoms with van der Waals surface area (Å²) in [5.74, 6) is 0.255. The highest BCUT2D eigenvalue weighted by Crippen LogP contribution is 2.30. The number of aromatic nitrogens is 1. The Balaban J connectivity index is 1.79. The van der Waals surface area contributed by atoms with E-state index in [1.165, 1.54) is 29.8 Å². The van der Waals surface area contributed by atoms with Crippen molar-refractivity contribution in [2.45, 2.75) is 24.2 Å². The maximum absolute atomic E-state index is 13.0. The van der Waals surface area contributed by atoms with Gasteiger partial charge in [0.15, 0.2) is 0 Å². The summed E-state index contributed by atoms with van der Waals surface area (Å²) in [7, 11) is -2.23. The Hall–Kier alpha value is -2.42. The number of carbonyl (C=O) groups excluding carboxylic acids is 1. The summed E-state index contributed by atoms with van der Waals surface area (Å²) in [6.07, 6.45) is 7.01. The number of nitrogens with zero attached hydrogens (tertiary/aromatic N) is 2. The van der Waals surface area contributed by atoms with Gasteiger partial charge in [0.25, 0.3) is 0 Å². The van der Waals surface area contributed by atoms with E-state index in [0.29, 0.717) is 29.5 Å². The van der Waals surface area contributed by atoms with Gasteiger partial charge in [-0.25, -0.2) is 13.4 Å². The number of anilines is 1. The zero-order chi connectivity index (χ0) is 20.9. The van der Waals surface area contributed by atoms with Crippen molar-refractivity contribution >= 4 is 39.4 Å². The van der Waals surface area contributed by atoms with Crippen LogP contribution in [-0.2, 0) is 14.8 Å². The number of rotatable bonds is 6. The molecule has 1 aliphatic rings. The topological polar surface area (TPSA) is 88.6 Å². The Labute approximate surface area is 175 Å². The Morgan fingerprint density at radius 3 is 2.62 bits per heavy atom. The molecule has 0 saturated carbocycles. The highest BCUT2D eigenvalue weighted by Gasteiger charge is 2.28. The second-order valence-corrected chi connectivity index (χ2v) is 8.90. The molecule has 1 saturated heterocycles. The molecule has 3 rings (SSSR count). The van der Waals surface area contributed by atoms with E-state index in [2.05, 4.69) is 10.3 Å². The van der Waals surface area contributed by atoms with Gasteiger partial charge in [0.05, 0.1) is 12.1 Å². The minimum Gasteiger partial charge on any atom is -0.495 e. The molecule has 0 aliphatic carbocycles. The molecule has 2 aromatic rings. The molecule has 1 fully saturated rings. The SMILES string of the molecule is COc1ccc(/C=C/C(=O)Nc2ccc(Cl)cn2)cc1S(=O)(=O)N1CCCCC1. The van der Waals surface area contributed by atoms with Crippen LogP contribution in [-0.4, -0.2) is 43.8 Å². The number of amides is 1. The maximum Gasteiger partial charge on any atom is 0.249 e. The van der Waals surface area contributed by atoms with Crippen molar-refractivity contribution in [3.63, 3.8) is 0 Å². The molecular weight excluding hydrogens is 414 g/mol. The van der Waals surface area contributed by atoms with Crippen molar-refractivity contribution in [3.05, 3.63) is 53.2 Å². The zero-order valence-corrected chi connectivity index (χ0v) is 17.5. The van der Waals surface area contributed by atoms with Gasteiger partial charge in [0.1, 0.15) is 16.5 Å². The lowest BCUT2D eigenvalue weighted by molar-refractivity contribution is -0.111. The second-order valence-electron chi connectivity index (χ2n) is 6.56. The minimum absolute atomic E-state index is 0.101. The summed E-state index contributed by atoms with van der Waals surface area (Å²) in [6.45, 7) is 1.00. The summed E-state index contributed by atoms with van der Waals surface area (Å²) >= 11 is 5.77. The number of sulfonamides is 1. The first-order valence-electron chi connectivity index (χ1n) is 9.19. The van der Waals surface area contributed by atoms with Crippen molar-refractivity contribution in [3.8, 4) is 5.75 Å². The average molecular weight is 436 g/mol. The summed E-state index contributed by atoms with van der Waals surface area (Å²) < 4.78 is 32.8. The Morgan fingerprint density at radius 1 is 1.21 bits per heavy atom. The van der Waals surface area contributed by atoms with E-state index in [1.54, 1.807) is 30.3 Å². The molecule has 0 radical (unpaired) electrons. The third kappa shape index (κ3) is 5.35. The lowest BCUT2D eigenvalue weighted by Gasteiger charge is -2.26. The molecule has 2 heterocycles. The lowest BCUT2D eigenvalue weighted by Crippen LogP contribution is -2.35. The number of piperidine rings is 1. The van der Waals surface area contributed by atoms with E-state index >= 15 is 0 Å². The van der Waals surface area contributed by atoms with Gasteiger partial charge in [0.2, 0.25) is 15.9 Å². The first-order chi connectivity index (χ1) is 13.9. The Morgan fingerprint density at radius 2 is 1.97 bits per heavy atom. The van der Waals surface area contributed by atoms with Crippen molar-refractivity contribution in [1.82, 2.24) is 9.29 Å². The first kappa shape index (κ1) is 21.3. The van der Waals surface area contributed by atoms with Crippen molar-refractivity contribution < 1.29 is 17.9 Å². The van der Waals surface area contributed by atoms with Gasteiger partial charge in [-0.15, -0.1) is 0 Å². The van der Waals surface area contributed by atoms with Crippen molar-refractivity contribution in [2.75, 3.05) is 25.5 Å². The van der Waals surface area contributed by atoms with E-state index in [4.69, 9.17) is 16.3 Å². The van der Waals surface area contributed by atoms with Gasteiger partial charge in [-0.1, -0.05) is 24.1 Å². The van der Waals surface area contributed by atoms with E-state index in [1.807, 2.05) is 0 Å². The molecular formula is C20H22ClN3O4S. The van der Waals surface area contributed by atoms with E-state index in [9.17, 15) is 13.2 Å². The summed E-state index contributed by atoms with van der Waals surface area (Å²) in [5.41, 5.74) is 0.570. The van der Waals surface area contributed by atoms with Crippen LogP contribution in [0, 0.1) is 0 Å². The molecule has 154 valence electrons. The average Bonchev–Trinajstić information content (AvgIpc) is 2.74. The normalized spacial score (nSPS) is 15.4. The molecule has 7 nitrogen and oxygen atoms in total. The van der Waals surface area contributed by atoms with E-state index in [-0.39, 0.29) is 10.6 Å². The molecule has 29 heavy (non-hydrogen) atoms. The number of ether oxygens (including phenoxy) is 1. The second kappa shape index (κ2) is 9.39. The number of nitrogens with one attached hydrogen (secondary N) is 1. The minimum atomic E-state index is -3.67. The van der Waals surface area contributed by atoms with Crippen LogP contribution < -0.4 is 10.1 Å². The fourth-order valence-electron chi connectivity index (χ4n) is 3.03. The first-order valence-corrected chi connectivity index (χ1v) is 11.0. The number of methoxy groups -OCH3 is 1. The summed E-state index contributed by atoms with van der Waals surface area (Å²) in [6, 6.07) is 8.01. The highest BCUT2D eigenvalue weighted by atomic mass is 35.5. The van der Waals surface area contributed by atoms with Crippen LogP contribution in [0.2, 0.25) is 5.02 Å². The lowest BCUT2D eigenvalue weighted by atomic mass is 10.2. The Bertz CT molecular complexity index is 1000. The molecule has 1 aromatic carbocycles. The fraction of sp³-hybridized carbons (Fsp3) is 0.300. The molecule has 1 N–H and O–H groups in total. The number of hydrogen-bond donors (Lipinski definition) is 1. The van der Waals surface area contributed by atoms with Crippen molar-refractivity contribution in [1.29, 1.82) is 0 Å². The molecule has 0 spiro atoms. The van der Waals surface area contributed by atoms with Gasteiger partial charge >= 0.3 is 0 Å². The van der Waals surface area contributed by atoms with Crippen LogP contribution in [0.15, 0.2) is 47.5 Å². The number of pyridine rings is 1. The van der Waals surface area contributed by atoms with Gasteiger partial charge in [-0.3, -0.25) is 4.79 Å². The number of benzene rings is 1. The number of halogens is 1. The quantitative estimate of drug-likeness (QED) is 0.700. The predicted molar refractivity (Wildman–Crippen MR) is 113 cm³/mol. The Kier molecular flexibility index (Phi) is 6.89. The van der Waals surface area contributed by atoms with Crippen molar-refractivity contribution in [2.24, 2.45) is 0 Å². The number of carbonyl (C=O) groups is 1. The standard InChI is InChI=1S/C20H22ClN3O4S/c1-28-17-8-5-15(6-10-20(25)23-19-9-7-16(21)14-22-19)13-18(17)29(26,27)24-11-3-2-4-12-24/h5-10,13-14H,2-4,11-12H2,1H3,(H,22,23,25)/b10-6+. The van der Waals surface area contributed by atoms with Gasteiger partial charge in [-0.05, 0) is 48.7 Å². The van der Waals surface area contributed by atoms with Crippen LogP contribution in [0.1, 0.15) is 24.8 Å². The monoisotopic (exact) mass is 435 g/mol. The molecule has 0 atom stereocenters. The highest BCUT2D eigenvalue weighted by molar-refractivity contribution is 7.89. The molecule has 1 amide bonds. The molecule has 1 aliphatic heterocycles. The van der Waals surface area contributed by atoms with Crippen LogP contribution in [0.5, 0.6) is 5.75 Å². The third-order valence-electron chi connectivity index (χ3n) is 4.53. The molecule has 1 aromatic heterocycles. The van der Waals surface area contributed by atoms with Gasteiger partial charge < -0.3 is 10.1 Å². The van der Waals surface area contributed by atoms with Crippen LogP contribution in [0.25, 0.3) is 6.08 Å². The van der Waals surface area contributed by atoms with Crippen LogP contribution in [0.3, 0.4) is 0 Å². The molecule has 9 heteroatoms. The zero-order valence-electron chi connectivity index (χ0n) is 16.0. The third-order valence-corrected chi connectivity index (χ3v) is 6.67. The summed E-state index contributed by atoms with van der Waals surface area (Å²) in [4.78, 5) is 16.2. The van der Waals surface area contributed by atoms with Gasteiger partial charge in [-0.2, -0.15) is 4.31 Å². The van der Waals surface area contributed by atoms with Gasteiger partial charge in [0, 0.05) is 25.4 Å². The largest absolute Gasteiger partial charge is 0.495 e. The molecule has 0 unspecified atom stereocenters. The number of hydrogen-bond acceptors (Lipinski definition) is 5. The van der Waals surface area contributed by atoms with Crippen LogP contribution in [0.4, 0.5) is 5.82 Å². The summed E-state index contributed by atoms with van der Waals surface area (Å²) in [5, 5.41) is 3.08. The fourth-order valence-corrected chi connectivity index (χ4v) is 4.85. The molecule has 0 bridgehead atoms. The smallest absolute Gasteiger partial charge is 0.249 e. The van der Waals surface area contributed by atoms with Crippen LogP contribution >= 0.6 is 11.6 Å². The predicted octanol–water partition coefficient (Wildman–Crippen LogP) is 3.57. The van der Waals surface area contributed by atoms with E-state index < -0.39 is 15.9 Å². The van der Waals surface area contributed by atoms with E-state index in [0.717, 1.165) is 19.3 Å².